The first kappa shape index (κ1) is 17.1. The molecule has 2 aromatic heterocycles. The summed E-state index contributed by atoms with van der Waals surface area (Å²) < 4.78 is 0. The molecule has 0 saturated carbocycles. The number of hydrogen-bond donors (Lipinski definition) is 1. The van der Waals surface area contributed by atoms with Crippen molar-refractivity contribution < 1.29 is 4.79 Å². The number of carbonyl (C=O) groups excluding carboxylic acids is 1. The number of nitrogens with one attached hydrogen (secondary N) is 1. The van der Waals surface area contributed by atoms with Crippen LogP contribution in [-0.4, -0.2) is 63.5 Å². The molecule has 1 aliphatic heterocycles. The van der Waals surface area contributed by atoms with Crippen LogP contribution < -0.4 is 10.2 Å². The van der Waals surface area contributed by atoms with Gasteiger partial charge in [-0.2, -0.15) is 0 Å². The van der Waals surface area contributed by atoms with Crippen molar-refractivity contribution >= 4 is 17.7 Å². The van der Waals surface area contributed by atoms with Crippen molar-refractivity contribution in [1.29, 1.82) is 0 Å². The molecule has 0 spiro atoms. The Labute approximate surface area is 147 Å². The number of unbranched alkanes of at least 4 members (excludes halogenated alkanes) is 1. The standard InChI is InChI=1S/C17H23N7O/c1-2-3-5-18-15-12-14(21-13-22-15)16(25)23-8-10-24(11-9-23)17-19-6-4-7-20-17/h4,6-7,12-13H,2-3,5,8-11H2,1H3,(H,18,21,22). The number of aromatic nitrogens is 4. The molecule has 0 radical (unpaired) electrons. The Morgan fingerprint density at radius 3 is 2.60 bits per heavy atom. The van der Waals surface area contributed by atoms with Gasteiger partial charge in [-0.05, 0) is 12.5 Å². The number of rotatable bonds is 6. The first-order chi connectivity index (χ1) is 12.3. The summed E-state index contributed by atoms with van der Waals surface area (Å²) >= 11 is 0. The summed E-state index contributed by atoms with van der Waals surface area (Å²) in [6.45, 7) is 5.65. The SMILES string of the molecule is CCCCNc1cc(C(=O)N2CCN(c3ncccn3)CC2)ncn1. The molecule has 0 unspecified atom stereocenters. The molecule has 2 aromatic rings. The van der Waals surface area contributed by atoms with Crippen molar-refractivity contribution in [2.24, 2.45) is 0 Å². The van der Waals surface area contributed by atoms with Crippen LogP contribution in [0.5, 0.6) is 0 Å². The molecule has 3 heterocycles. The second-order valence-corrected chi connectivity index (χ2v) is 5.90. The van der Waals surface area contributed by atoms with E-state index in [1.54, 1.807) is 24.5 Å². The first-order valence-electron chi connectivity index (χ1n) is 8.65. The molecule has 0 aromatic carbocycles. The zero-order valence-electron chi connectivity index (χ0n) is 14.4. The molecule has 8 nitrogen and oxygen atoms in total. The van der Waals surface area contributed by atoms with Crippen LogP contribution in [0.3, 0.4) is 0 Å². The van der Waals surface area contributed by atoms with Gasteiger partial charge in [-0.3, -0.25) is 4.79 Å². The van der Waals surface area contributed by atoms with Gasteiger partial charge in [-0.25, -0.2) is 19.9 Å². The predicted octanol–water partition coefficient (Wildman–Crippen LogP) is 1.44. The van der Waals surface area contributed by atoms with Crippen molar-refractivity contribution in [3.63, 3.8) is 0 Å². The molecule has 1 N–H and O–H groups in total. The Morgan fingerprint density at radius 1 is 1.12 bits per heavy atom. The van der Waals surface area contributed by atoms with E-state index in [4.69, 9.17) is 0 Å². The molecule has 0 atom stereocenters. The van der Waals surface area contributed by atoms with E-state index in [9.17, 15) is 4.79 Å². The zero-order chi connectivity index (χ0) is 17.5. The summed E-state index contributed by atoms with van der Waals surface area (Å²) in [6.07, 6.45) is 7.08. The maximum Gasteiger partial charge on any atom is 0.272 e. The average molecular weight is 341 g/mol. The Kier molecular flexibility index (Phi) is 5.71. The van der Waals surface area contributed by atoms with Crippen molar-refractivity contribution in [1.82, 2.24) is 24.8 Å². The minimum Gasteiger partial charge on any atom is -0.370 e. The largest absolute Gasteiger partial charge is 0.370 e. The van der Waals surface area contributed by atoms with Crippen LogP contribution in [0.2, 0.25) is 0 Å². The number of carbonyl (C=O) groups is 1. The molecule has 0 bridgehead atoms. The molecule has 1 saturated heterocycles. The van der Waals surface area contributed by atoms with Gasteiger partial charge in [0.15, 0.2) is 0 Å². The fraction of sp³-hybridized carbons (Fsp3) is 0.471. The van der Waals surface area contributed by atoms with E-state index < -0.39 is 0 Å². The molecule has 0 aliphatic carbocycles. The molecule has 1 aliphatic rings. The fourth-order valence-corrected chi connectivity index (χ4v) is 2.69. The number of nitrogens with zero attached hydrogens (tertiary/aromatic N) is 6. The second-order valence-electron chi connectivity index (χ2n) is 5.90. The molecule has 3 rings (SSSR count). The topological polar surface area (TPSA) is 87.1 Å². The molecule has 8 heteroatoms. The van der Waals surface area contributed by atoms with Gasteiger partial charge in [-0.1, -0.05) is 13.3 Å². The molecular formula is C17H23N7O. The summed E-state index contributed by atoms with van der Waals surface area (Å²) in [5, 5.41) is 3.23. The predicted molar refractivity (Wildman–Crippen MR) is 95.6 cm³/mol. The van der Waals surface area contributed by atoms with Crippen LogP contribution in [0.4, 0.5) is 11.8 Å². The van der Waals surface area contributed by atoms with Crippen LogP contribution in [-0.2, 0) is 0 Å². The van der Waals surface area contributed by atoms with Gasteiger partial charge in [0.05, 0.1) is 0 Å². The highest BCUT2D eigenvalue weighted by Crippen LogP contribution is 2.13. The van der Waals surface area contributed by atoms with Crippen LogP contribution in [0.25, 0.3) is 0 Å². The summed E-state index contributed by atoms with van der Waals surface area (Å²) in [5.74, 6) is 1.34. The molecule has 132 valence electrons. The van der Waals surface area contributed by atoms with Gasteiger partial charge in [0.1, 0.15) is 17.8 Å². The average Bonchev–Trinajstić information content (AvgIpc) is 2.69. The lowest BCUT2D eigenvalue weighted by Crippen LogP contribution is -2.49. The van der Waals surface area contributed by atoms with E-state index in [1.807, 2.05) is 4.90 Å². The van der Waals surface area contributed by atoms with Gasteiger partial charge >= 0.3 is 0 Å². The third kappa shape index (κ3) is 4.40. The van der Waals surface area contributed by atoms with Gasteiger partial charge in [-0.15, -0.1) is 0 Å². The lowest BCUT2D eigenvalue weighted by Gasteiger charge is -2.34. The van der Waals surface area contributed by atoms with Crippen molar-refractivity contribution in [2.45, 2.75) is 19.8 Å². The summed E-state index contributed by atoms with van der Waals surface area (Å²) in [4.78, 5) is 33.4. The Balaban J connectivity index is 1.58. The molecular weight excluding hydrogens is 318 g/mol. The van der Waals surface area contributed by atoms with E-state index in [0.717, 1.165) is 19.4 Å². The van der Waals surface area contributed by atoms with Gasteiger partial charge in [0.2, 0.25) is 5.95 Å². The Bertz CT molecular complexity index is 686. The van der Waals surface area contributed by atoms with E-state index in [0.29, 0.717) is 43.6 Å². The lowest BCUT2D eigenvalue weighted by atomic mass is 10.2. The Morgan fingerprint density at radius 2 is 1.88 bits per heavy atom. The normalized spacial score (nSPS) is 14.4. The van der Waals surface area contributed by atoms with Crippen LogP contribution in [0, 0.1) is 0 Å². The maximum absolute atomic E-state index is 12.7. The highest BCUT2D eigenvalue weighted by Gasteiger charge is 2.24. The molecule has 1 fully saturated rings. The van der Waals surface area contributed by atoms with E-state index in [-0.39, 0.29) is 5.91 Å². The van der Waals surface area contributed by atoms with Crippen molar-refractivity contribution in [3.05, 3.63) is 36.5 Å². The van der Waals surface area contributed by atoms with E-state index in [2.05, 4.69) is 37.1 Å². The first-order valence-corrected chi connectivity index (χ1v) is 8.65. The minimum atomic E-state index is -0.0606. The maximum atomic E-state index is 12.7. The second kappa shape index (κ2) is 8.36. The van der Waals surface area contributed by atoms with E-state index in [1.165, 1.54) is 6.33 Å². The van der Waals surface area contributed by atoms with Crippen molar-refractivity contribution in [3.8, 4) is 0 Å². The molecule has 1 amide bonds. The number of piperazine rings is 1. The number of anilines is 2. The number of amides is 1. The van der Waals surface area contributed by atoms with Crippen molar-refractivity contribution in [2.75, 3.05) is 42.9 Å². The van der Waals surface area contributed by atoms with Crippen LogP contribution >= 0.6 is 0 Å². The lowest BCUT2D eigenvalue weighted by molar-refractivity contribution is 0.0740. The van der Waals surface area contributed by atoms with E-state index >= 15 is 0 Å². The summed E-state index contributed by atoms with van der Waals surface area (Å²) in [5.41, 5.74) is 0.429. The quantitative estimate of drug-likeness (QED) is 0.796. The minimum absolute atomic E-state index is 0.0606. The summed E-state index contributed by atoms with van der Waals surface area (Å²) in [6, 6.07) is 3.52. The monoisotopic (exact) mass is 341 g/mol. The van der Waals surface area contributed by atoms with Crippen LogP contribution in [0.1, 0.15) is 30.3 Å². The Hall–Kier alpha value is -2.77. The third-order valence-corrected chi connectivity index (χ3v) is 4.12. The molecule has 25 heavy (non-hydrogen) atoms. The fourth-order valence-electron chi connectivity index (χ4n) is 2.69. The third-order valence-electron chi connectivity index (χ3n) is 4.12. The van der Waals surface area contributed by atoms with Gasteiger partial charge in [0, 0.05) is 51.2 Å². The summed E-state index contributed by atoms with van der Waals surface area (Å²) in [7, 11) is 0. The van der Waals surface area contributed by atoms with Crippen LogP contribution in [0.15, 0.2) is 30.9 Å². The van der Waals surface area contributed by atoms with Gasteiger partial charge in [0.25, 0.3) is 5.91 Å². The zero-order valence-corrected chi connectivity index (χ0v) is 14.4. The highest BCUT2D eigenvalue weighted by atomic mass is 16.2. The van der Waals surface area contributed by atoms with Gasteiger partial charge < -0.3 is 15.1 Å². The highest BCUT2D eigenvalue weighted by molar-refractivity contribution is 5.93. The smallest absolute Gasteiger partial charge is 0.272 e. The number of hydrogen-bond acceptors (Lipinski definition) is 7.